The van der Waals surface area contributed by atoms with Gasteiger partial charge in [-0.05, 0) is 12.1 Å². The minimum absolute atomic E-state index is 0.0168. The molecule has 4 aromatic rings. The Labute approximate surface area is 164 Å². The van der Waals surface area contributed by atoms with Crippen molar-refractivity contribution < 1.29 is 28.5 Å². The van der Waals surface area contributed by atoms with Gasteiger partial charge in [0.1, 0.15) is 11.5 Å². The second-order valence-corrected chi connectivity index (χ2v) is 6.78. The lowest BCUT2D eigenvalue weighted by Gasteiger charge is -2.34. The average Bonchev–Trinajstić information content (AvgIpc) is 2.75. The molecule has 0 radical (unpaired) electrons. The van der Waals surface area contributed by atoms with Gasteiger partial charge in [0.05, 0.1) is 23.4 Å². The summed E-state index contributed by atoms with van der Waals surface area (Å²) in [5, 5.41) is 12.9. The number of aromatic hydroxyl groups is 1. The van der Waals surface area contributed by atoms with E-state index in [4.69, 9.17) is 18.6 Å². The number of hydrogen-bond acceptors (Lipinski definition) is 7. The Kier molecular flexibility index (Phi) is 3.53. The standard InChI is InChI=1S/C22H16O7/c1-26-13-9-5-6-10-15(13)19-16-14-11(21(25)29-19)7-4-8-12(14)22(27-2,28-3)20(24)17(16)18(10)23/h4-9,23H,1-3H3. The van der Waals surface area contributed by atoms with Crippen molar-refractivity contribution in [2.75, 3.05) is 21.3 Å². The molecule has 1 aliphatic carbocycles. The Morgan fingerprint density at radius 1 is 0.897 bits per heavy atom. The molecule has 29 heavy (non-hydrogen) atoms. The maximum absolute atomic E-state index is 13.6. The number of ketones is 1. The summed E-state index contributed by atoms with van der Waals surface area (Å²) in [6.07, 6.45) is 0. The number of fused-ring (bicyclic) bond motifs is 2. The van der Waals surface area contributed by atoms with Crippen LogP contribution in [0.2, 0.25) is 0 Å². The third kappa shape index (κ3) is 1.93. The summed E-state index contributed by atoms with van der Waals surface area (Å²) in [5.74, 6) is -2.22. The number of carbonyl (C=O) groups is 1. The first kappa shape index (κ1) is 17.7. The zero-order valence-electron chi connectivity index (χ0n) is 15.9. The zero-order chi connectivity index (χ0) is 20.5. The first-order valence-electron chi connectivity index (χ1n) is 8.87. The molecule has 0 spiro atoms. The van der Waals surface area contributed by atoms with Crippen LogP contribution in [0, 0.1) is 0 Å². The minimum Gasteiger partial charge on any atom is -0.507 e. The average molecular weight is 392 g/mol. The molecule has 0 atom stereocenters. The summed E-state index contributed by atoms with van der Waals surface area (Å²) < 4.78 is 22.2. The van der Waals surface area contributed by atoms with E-state index in [-0.39, 0.29) is 22.3 Å². The topological polar surface area (TPSA) is 95.2 Å². The van der Waals surface area contributed by atoms with Crippen molar-refractivity contribution in [2.24, 2.45) is 0 Å². The fourth-order valence-electron chi connectivity index (χ4n) is 4.38. The maximum Gasteiger partial charge on any atom is 0.344 e. The SMILES string of the molecule is COc1cccc2c(O)c3c4c(oc(=O)c5cccc(c54)C(OC)(OC)C3=O)c12. The number of benzene rings is 3. The van der Waals surface area contributed by atoms with Crippen LogP contribution in [0.15, 0.2) is 45.6 Å². The largest absolute Gasteiger partial charge is 0.507 e. The lowest BCUT2D eigenvalue weighted by atomic mass is 9.81. The molecule has 0 unspecified atom stereocenters. The Morgan fingerprint density at radius 3 is 2.28 bits per heavy atom. The molecule has 1 heterocycles. The summed E-state index contributed by atoms with van der Waals surface area (Å²) in [5.41, 5.74) is -0.0426. The molecule has 3 aromatic carbocycles. The van der Waals surface area contributed by atoms with Crippen molar-refractivity contribution in [1.82, 2.24) is 0 Å². The number of hydrogen-bond donors (Lipinski definition) is 1. The van der Waals surface area contributed by atoms with Gasteiger partial charge in [0.25, 0.3) is 5.79 Å². The molecule has 0 amide bonds. The third-order valence-corrected chi connectivity index (χ3v) is 5.63. The van der Waals surface area contributed by atoms with Gasteiger partial charge in [-0.15, -0.1) is 0 Å². The van der Waals surface area contributed by atoms with Crippen molar-refractivity contribution >= 4 is 38.3 Å². The number of phenols is 1. The molecule has 5 rings (SSSR count). The van der Waals surface area contributed by atoms with E-state index in [1.165, 1.54) is 21.3 Å². The lowest BCUT2D eigenvalue weighted by molar-refractivity contribution is -0.175. The molecule has 7 heteroatoms. The summed E-state index contributed by atoms with van der Waals surface area (Å²) in [6, 6.07) is 9.90. The van der Waals surface area contributed by atoms with Gasteiger partial charge in [-0.2, -0.15) is 0 Å². The van der Waals surface area contributed by atoms with E-state index >= 15 is 0 Å². The molecule has 1 aliphatic rings. The van der Waals surface area contributed by atoms with Crippen molar-refractivity contribution in [3.05, 3.63) is 57.9 Å². The van der Waals surface area contributed by atoms with E-state index < -0.39 is 17.2 Å². The molecule has 146 valence electrons. The number of phenolic OH excluding ortho intramolecular Hbond substituents is 1. The molecular weight excluding hydrogens is 376 g/mol. The highest BCUT2D eigenvalue weighted by Crippen LogP contribution is 2.50. The van der Waals surface area contributed by atoms with E-state index in [2.05, 4.69) is 0 Å². The molecule has 0 fully saturated rings. The molecular formula is C22H16O7. The van der Waals surface area contributed by atoms with E-state index in [1.807, 2.05) is 0 Å². The molecule has 0 saturated carbocycles. The molecule has 1 N–H and O–H groups in total. The second kappa shape index (κ2) is 5.79. The normalized spacial score (nSPS) is 14.9. The smallest absolute Gasteiger partial charge is 0.344 e. The quantitative estimate of drug-likeness (QED) is 0.324. The van der Waals surface area contributed by atoms with Crippen LogP contribution in [0.5, 0.6) is 11.5 Å². The molecule has 1 aromatic heterocycles. The predicted octanol–water partition coefficient (Wildman–Crippen LogP) is 3.46. The van der Waals surface area contributed by atoms with Crippen molar-refractivity contribution in [2.45, 2.75) is 5.79 Å². The summed E-state index contributed by atoms with van der Waals surface area (Å²) in [7, 11) is 4.16. The Morgan fingerprint density at radius 2 is 1.59 bits per heavy atom. The maximum atomic E-state index is 13.6. The van der Waals surface area contributed by atoms with Crippen molar-refractivity contribution in [3.8, 4) is 11.5 Å². The highest BCUT2D eigenvalue weighted by Gasteiger charge is 2.49. The molecule has 0 saturated heterocycles. The summed E-state index contributed by atoms with van der Waals surface area (Å²) in [4.78, 5) is 26.4. The predicted molar refractivity (Wildman–Crippen MR) is 106 cm³/mol. The van der Waals surface area contributed by atoms with Crippen LogP contribution in [0.3, 0.4) is 0 Å². The molecule has 0 aliphatic heterocycles. The second-order valence-electron chi connectivity index (χ2n) is 6.78. The first-order valence-corrected chi connectivity index (χ1v) is 8.87. The fourth-order valence-corrected chi connectivity index (χ4v) is 4.38. The summed E-state index contributed by atoms with van der Waals surface area (Å²) in [6.45, 7) is 0. The lowest BCUT2D eigenvalue weighted by Crippen LogP contribution is -2.42. The minimum atomic E-state index is -1.79. The van der Waals surface area contributed by atoms with Crippen LogP contribution in [-0.4, -0.2) is 32.2 Å². The van der Waals surface area contributed by atoms with Gasteiger partial charge in [0.15, 0.2) is 5.58 Å². The molecule has 7 nitrogen and oxygen atoms in total. The van der Waals surface area contributed by atoms with E-state index in [0.29, 0.717) is 32.9 Å². The fraction of sp³-hybridized carbons (Fsp3) is 0.182. The number of ether oxygens (including phenoxy) is 3. The van der Waals surface area contributed by atoms with Gasteiger partial charge in [-0.1, -0.05) is 24.3 Å². The van der Waals surface area contributed by atoms with Gasteiger partial charge in [0.2, 0.25) is 5.78 Å². The van der Waals surface area contributed by atoms with Gasteiger partial charge in [0, 0.05) is 35.9 Å². The van der Waals surface area contributed by atoms with Crippen LogP contribution in [0.4, 0.5) is 0 Å². The van der Waals surface area contributed by atoms with Crippen LogP contribution in [0.25, 0.3) is 32.5 Å². The highest BCUT2D eigenvalue weighted by atomic mass is 16.7. The van der Waals surface area contributed by atoms with Crippen LogP contribution < -0.4 is 10.4 Å². The monoisotopic (exact) mass is 392 g/mol. The number of carbonyl (C=O) groups excluding carboxylic acids is 1. The Bertz CT molecular complexity index is 1410. The van der Waals surface area contributed by atoms with Gasteiger partial charge >= 0.3 is 5.63 Å². The van der Waals surface area contributed by atoms with Gasteiger partial charge < -0.3 is 23.7 Å². The highest BCUT2D eigenvalue weighted by molar-refractivity contribution is 6.31. The number of Topliss-reactive ketones (excluding diaryl/α,β-unsaturated/α-hetero) is 1. The van der Waals surface area contributed by atoms with Crippen LogP contribution in [0.1, 0.15) is 15.9 Å². The Balaban J connectivity index is 2.21. The van der Waals surface area contributed by atoms with Gasteiger partial charge in [-0.3, -0.25) is 4.79 Å². The van der Waals surface area contributed by atoms with Gasteiger partial charge in [-0.25, -0.2) is 4.79 Å². The number of rotatable bonds is 3. The van der Waals surface area contributed by atoms with E-state index in [1.54, 1.807) is 36.4 Å². The van der Waals surface area contributed by atoms with E-state index in [9.17, 15) is 14.7 Å². The molecule has 0 bridgehead atoms. The van der Waals surface area contributed by atoms with Crippen molar-refractivity contribution in [1.29, 1.82) is 0 Å². The first-order chi connectivity index (χ1) is 14.0. The van der Waals surface area contributed by atoms with Crippen LogP contribution >= 0.6 is 0 Å². The third-order valence-electron chi connectivity index (χ3n) is 5.63. The van der Waals surface area contributed by atoms with Crippen LogP contribution in [-0.2, 0) is 15.3 Å². The van der Waals surface area contributed by atoms with Crippen molar-refractivity contribution in [3.63, 3.8) is 0 Å². The summed E-state index contributed by atoms with van der Waals surface area (Å²) >= 11 is 0. The van der Waals surface area contributed by atoms with E-state index in [0.717, 1.165) is 0 Å². The number of methoxy groups -OCH3 is 3. The Hall–Kier alpha value is -3.42. The zero-order valence-corrected chi connectivity index (χ0v) is 15.9.